The molecule has 0 spiro atoms. The smallest absolute Gasteiger partial charge is 0.140 e. The summed E-state index contributed by atoms with van der Waals surface area (Å²) in [6, 6.07) is 5.30. The lowest BCUT2D eigenvalue weighted by Gasteiger charge is -2.10. The van der Waals surface area contributed by atoms with Crippen LogP contribution in [-0.2, 0) is 4.79 Å². The van der Waals surface area contributed by atoms with Gasteiger partial charge in [0.15, 0.2) is 0 Å². The van der Waals surface area contributed by atoms with Crippen LogP contribution in [-0.4, -0.2) is 5.78 Å². The van der Waals surface area contributed by atoms with Gasteiger partial charge in [-0.15, -0.1) is 0 Å². The molecule has 1 nitrogen and oxygen atoms in total. The minimum absolute atomic E-state index is 0.0267. The first-order chi connectivity index (χ1) is 6.68. The molecule has 1 atom stereocenters. The zero-order valence-electron chi connectivity index (χ0n) is 7.59. The molecule has 1 aromatic carbocycles. The van der Waals surface area contributed by atoms with Crippen LogP contribution < -0.4 is 0 Å². The Labute approximate surface area is 93.0 Å². The molecule has 0 radical (unpaired) electrons. The summed E-state index contributed by atoms with van der Waals surface area (Å²) >= 11 is 11.9. The first-order valence-corrected chi connectivity index (χ1v) is 5.42. The number of benzene rings is 1. The molecule has 0 amide bonds. The van der Waals surface area contributed by atoms with Crippen molar-refractivity contribution >= 4 is 29.0 Å². The topological polar surface area (TPSA) is 17.1 Å². The van der Waals surface area contributed by atoms with E-state index < -0.39 is 0 Å². The van der Waals surface area contributed by atoms with Gasteiger partial charge in [0.2, 0.25) is 0 Å². The minimum atomic E-state index is -0.0267. The Bertz CT molecular complexity index is 374. The van der Waals surface area contributed by atoms with E-state index in [9.17, 15) is 4.79 Å². The first-order valence-electron chi connectivity index (χ1n) is 4.66. The summed E-state index contributed by atoms with van der Waals surface area (Å²) in [6.45, 7) is 0. The lowest BCUT2D eigenvalue weighted by molar-refractivity contribution is -0.118. The Hall–Kier alpha value is -0.530. The molecule has 14 heavy (non-hydrogen) atoms. The van der Waals surface area contributed by atoms with Crippen LogP contribution in [0.5, 0.6) is 0 Å². The van der Waals surface area contributed by atoms with Gasteiger partial charge in [-0.2, -0.15) is 0 Å². The second-order valence-corrected chi connectivity index (χ2v) is 4.42. The maximum absolute atomic E-state index is 11.5. The van der Waals surface area contributed by atoms with E-state index in [2.05, 4.69) is 0 Å². The fraction of sp³-hybridized carbons (Fsp3) is 0.364. The highest BCUT2D eigenvalue weighted by molar-refractivity contribution is 6.33. The number of carbonyl (C=O) groups is 1. The van der Waals surface area contributed by atoms with Crippen molar-refractivity contribution in [1.82, 2.24) is 0 Å². The molecule has 1 aliphatic carbocycles. The van der Waals surface area contributed by atoms with Crippen molar-refractivity contribution in [2.24, 2.45) is 0 Å². The largest absolute Gasteiger partial charge is 0.299 e. The monoisotopic (exact) mass is 228 g/mol. The molecule has 0 bridgehead atoms. The fourth-order valence-corrected chi connectivity index (χ4v) is 2.36. The average Bonchev–Trinajstić information content (AvgIpc) is 2.56. The number of carbonyl (C=O) groups excluding carboxylic acids is 1. The van der Waals surface area contributed by atoms with Gasteiger partial charge in [0.25, 0.3) is 0 Å². The molecule has 74 valence electrons. The van der Waals surface area contributed by atoms with Crippen molar-refractivity contribution in [3.05, 3.63) is 33.8 Å². The molecule has 1 fully saturated rings. The lowest BCUT2D eigenvalue weighted by atomic mass is 9.97. The number of rotatable bonds is 1. The summed E-state index contributed by atoms with van der Waals surface area (Å²) in [7, 11) is 0. The molecule has 0 aromatic heterocycles. The standard InChI is InChI=1S/C11H10Cl2O/c12-7-4-5-10(13)9(6-7)8-2-1-3-11(8)14/h4-6,8H,1-3H2. The van der Waals surface area contributed by atoms with Crippen LogP contribution >= 0.6 is 23.2 Å². The highest BCUT2D eigenvalue weighted by atomic mass is 35.5. The van der Waals surface area contributed by atoms with Crippen LogP contribution in [0.1, 0.15) is 30.7 Å². The number of Topliss-reactive ketones (excluding diaryl/α,β-unsaturated/α-hetero) is 1. The SMILES string of the molecule is O=C1CCCC1c1cc(Cl)ccc1Cl. The number of hydrogen-bond acceptors (Lipinski definition) is 1. The molecule has 0 aliphatic heterocycles. The number of halogens is 2. The fourth-order valence-electron chi connectivity index (χ4n) is 1.93. The molecule has 1 aromatic rings. The normalized spacial score (nSPS) is 21.6. The third-order valence-corrected chi connectivity index (χ3v) is 3.22. The van der Waals surface area contributed by atoms with Crippen LogP contribution in [0.15, 0.2) is 18.2 Å². The van der Waals surface area contributed by atoms with Crippen molar-refractivity contribution in [3.8, 4) is 0 Å². The molecule has 1 aliphatic rings. The molecule has 3 heteroatoms. The summed E-state index contributed by atoms with van der Waals surface area (Å²) < 4.78 is 0. The molecule has 0 saturated heterocycles. The molecule has 1 saturated carbocycles. The van der Waals surface area contributed by atoms with Crippen LogP contribution in [0, 0.1) is 0 Å². The van der Waals surface area contributed by atoms with Crippen LogP contribution in [0.25, 0.3) is 0 Å². The molecule has 0 heterocycles. The maximum Gasteiger partial charge on any atom is 0.140 e. The van der Waals surface area contributed by atoms with E-state index in [1.165, 1.54) is 0 Å². The van der Waals surface area contributed by atoms with Gasteiger partial charge < -0.3 is 0 Å². The van der Waals surface area contributed by atoms with Gasteiger partial charge >= 0.3 is 0 Å². The molecule has 2 rings (SSSR count). The Morgan fingerprint density at radius 1 is 1.29 bits per heavy atom. The van der Waals surface area contributed by atoms with Crippen molar-refractivity contribution in [1.29, 1.82) is 0 Å². The van der Waals surface area contributed by atoms with E-state index in [0.29, 0.717) is 16.5 Å². The average molecular weight is 229 g/mol. The Morgan fingerprint density at radius 3 is 2.71 bits per heavy atom. The minimum Gasteiger partial charge on any atom is -0.299 e. The van der Waals surface area contributed by atoms with E-state index >= 15 is 0 Å². The second kappa shape index (κ2) is 3.92. The molecular formula is C11H10Cl2O. The van der Waals surface area contributed by atoms with Gasteiger partial charge in [-0.3, -0.25) is 4.79 Å². The predicted octanol–water partition coefficient (Wildman–Crippen LogP) is 3.83. The van der Waals surface area contributed by atoms with Gasteiger partial charge in [0, 0.05) is 22.4 Å². The van der Waals surface area contributed by atoms with E-state index in [1.54, 1.807) is 18.2 Å². The van der Waals surface area contributed by atoms with E-state index in [0.717, 1.165) is 18.4 Å². The third kappa shape index (κ3) is 1.79. The summed E-state index contributed by atoms with van der Waals surface area (Å²) in [5.41, 5.74) is 0.890. The first kappa shape index (κ1) is 10.0. The maximum atomic E-state index is 11.5. The van der Waals surface area contributed by atoms with Crippen molar-refractivity contribution in [2.75, 3.05) is 0 Å². The zero-order chi connectivity index (χ0) is 10.1. The zero-order valence-corrected chi connectivity index (χ0v) is 9.11. The van der Waals surface area contributed by atoms with Gasteiger partial charge in [-0.1, -0.05) is 23.2 Å². The summed E-state index contributed by atoms with van der Waals surface area (Å²) in [6.07, 6.45) is 2.54. The third-order valence-electron chi connectivity index (χ3n) is 2.64. The molecule has 1 unspecified atom stereocenters. The Morgan fingerprint density at radius 2 is 2.07 bits per heavy atom. The summed E-state index contributed by atoms with van der Waals surface area (Å²) in [4.78, 5) is 11.5. The van der Waals surface area contributed by atoms with Crippen LogP contribution in [0.3, 0.4) is 0 Å². The van der Waals surface area contributed by atoms with Crippen molar-refractivity contribution in [2.45, 2.75) is 25.2 Å². The van der Waals surface area contributed by atoms with Gasteiger partial charge in [0.05, 0.1) is 0 Å². The number of hydrogen-bond donors (Lipinski definition) is 0. The Kier molecular flexibility index (Phi) is 2.80. The summed E-state index contributed by atoms with van der Waals surface area (Å²) in [5, 5.41) is 1.29. The van der Waals surface area contributed by atoms with Gasteiger partial charge in [-0.05, 0) is 36.6 Å². The highest BCUT2D eigenvalue weighted by Gasteiger charge is 2.27. The van der Waals surface area contributed by atoms with Gasteiger partial charge in [0.1, 0.15) is 5.78 Å². The molecular weight excluding hydrogens is 219 g/mol. The van der Waals surface area contributed by atoms with Crippen molar-refractivity contribution in [3.63, 3.8) is 0 Å². The van der Waals surface area contributed by atoms with Gasteiger partial charge in [-0.25, -0.2) is 0 Å². The van der Waals surface area contributed by atoms with Crippen molar-refractivity contribution < 1.29 is 4.79 Å². The molecule has 0 N–H and O–H groups in total. The Balaban J connectivity index is 2.39. The van der Waals surface area contributed by atoms with E-state index in [4.69, 9.17) is 23.2 Å². The summed E-state index contributed by atoms with van der Waals surface area (Å²) in [5.74, 6) is 0.260. The second-order valence-electron chi connectivity index (χ2n) is 3.58. The van der Waals surface area contributed by atoms with Crippen LogP contribution in [0.2, 0.25) is 10.0 Å². The van der Waals surface area contributed by atoms with E-state index in [-0.39, 0.29) is 11.7 Å². The number of ketones is 1. The van der Waals surface area contributed by atoms with Crippen LogP contribution in [0.4, 0.5) is 0 Å². The van der Waals surface area contributed by atoms with E-state index in [1.807, 2.05) is 0 Å². The predicted molar refractivity (Wildman–Crippen MR) is 58.1 cm³/mol. The highest BCUT2D eigenvalue weighted by Crippen LogP contribution is 2.36. The lowest BCUT2D eigenvalue weighted by Crippen LogP contribution is -2.04. The quantitative estimate of drug-likeness (QED) is 0.715.